The maximum Gasteiger partial charge on any atom is 0.275 e. The van der Waals surface area contributed by atoms with E-state index in [0.29, 0.717) is 18.5 Å². The molecule has 0 saturated heterocycles. The molecule has 30 heavy (non-hydrogen) atoms. The molecule has 160 valence electrons. The van der Waals surface area contributed by atoms with Gasteiger partial charge in [-0.15, -0.1) is 0 Å². The Morgan fingerprint density at radius 1 is 1.30 bits per heavy atom. The van der Waals surface area contributed by atoms with Gasteiger partial charge in [-0.1, -0.05) is 25.8 Å². The molecule has 0 bridgehead atoms. The highest BCUT2D eigenvalue weighted by Gasteiger charge is 2.42. The van der Waals surface area contributed by atoms with Crippen molar-refractivity contribution in [3.63, 3.8) is 0 Å². The average molecular weight is 412 g/mol. The highest BCUT2D eigenvalue weighted by molar-refractivity contribution is 5.92. The van der Waals surface area contributed by atoms with Gasteiger partial charge in [0.05, 0.1) is 6.20 Å². The van der Waals surface area contributed by atoms with Crippen molar-refractivity contribution in [1.82, 2.24) is 20.1 Å². The second-order valence-corrected chi connectivity index (χ2v) is 8.75. The molecule has 8 heteroatoms. The Kier molecular flexibility index (Phi) is 5.26. The lowest BCUT2D eigenvalue weighted by Crippen LogP contribution is -2.43. The van der Waals surface area contributed by atoms with Crippen LogP contribution in [-0.4, -0.2) is 45.4 Å². The van der Waals surface area contributed by atoms with Gasteiger partial charge >= 0.3 is 0 Å². The third-order valence-corrected chi connectivity index (χ3v) is 6.85. The summed E-state index contributed by atoms with van der Waals surface area (Å²) in [5.41, 5.74) is 0.188. The summed E-state index contributed by atoms with van der Waals surface area (Å²) in [4.78, 5) is 31.2. The van der Waals surface area contributed by atoms with Crippen molar-refractivity contribution < 1.29 is 9.90 Å². The van der Waals surface area contributed by atoms with Gasteiger partial charge in [-0.3, -0.25) is 14.3 Å². The van der Waals surface area contributed by atoms with E-state index in [0.717, 1.165) is 38.0 Å². The van der Waals surface area contributed by atoms with Gasteiger partial charge < -0.3 is 15.3 Å². The van der Waals surface area contributed by atoms with Crippen LogP contribution < -0.4 is 15.6 Å². The van der Waals surface area contributed by atoms with Crippen molar-refractivity contribution in [1.29, 1.82) is 0 Å². The van der Waals surface area contributed by atoms with E-state index < -0.39 is 17.1 Å². The summed E-state index contributed by atoms with van der Waals surface area (Å²) in [6, 6.07) is 4.48. The summed E-state index contributed by atoms with van der Waals surface area (Å²) >= 11 is 0. The number of amides is 1. The van der Waals surface area contributed by atoms with Crippen LogP contribution in [0.4, 0.5) is 5.82 Å². The van der Waals surface area contributed by atoms with E-state index in [9.17, 15) is 14.7 Å². The summed E-state index contributed by atoms with van der Waals surface area (Å²) in [6.07, 6.45) is 7.49. The standard InChI is InChI=1S/C22H29N5O3/c1-14-15(2)27(20-16(14)7-6-10-24-20)13-22(8-4-5-9-22)12-26-11-17(28)19(29)18(25-26)21(30)23-3/h6-7,10-11,14-15,28H,4-5,8-9,12-13H2,1-3H3,(H,23,30). The molecule has 1 saturated carbocycles. The molecule has 0 spiro atoms. The number of rotatable bonds is 5. The van der Waals surface area contributed by atoms with Crippen LogP contribution >= 0.6 is 0 Å². The second kappa shape index (κ2) is 7.74. The lowest BCUT2D eigenvalue weighted by molar-refractivity contribution is 0.0952. The van der Waals surface area contributed by atoms with Crippen LogP contribution in [0.5, 0.6) is 5.75 Å². The van der Waals surface area contributed by atoms with Crippen LogP contribution in [0.15, 0.2) is 29.3 Å². The van der Waals surface area contributed by atoms with E-state index in [1.807, 2.05) is 12.3 Å². The highest BCUT2D eigenvalue weighted by atomic mass is 16.3. The molecule has 0 aromatic carbocycles. The summed E-state index contributed by atoms with van der Waals surface area (Å²) in [5.74, 6) is 0.407. The van der Waals surface area contributed by atoms with Crippen molar-refractivity contribution in [2.24, 2.45) is 5.41 Å². The lowest BCUT2D eigenvalue weighted by Gasteiger charge is -2.37. The van der Waals surface area contributed by atoms with E-state index in [1.54, 1.807) is 4.68 Å². The molecule has 2 aliphatic rings. The second-order valence-electron chi connectivity index (χ2n) is 8.75. The highest BCUT2D eigenvalue weighted by Crippen LogP contribution is 2.45. The fourth-order valence-electron chi connectivity index (χ4n) is 5.01. The minimum atomic E-state index is -0.744. The zero-order chi connectivity index (χ0) is 21.5. The van der Waals surface area contributed by atoms with Gasteiger partial charge in [-0.25, -0.2) is 4.98 Å². The fourth-order valence-corrected chi connectivity index (χ4v) is 5.01. The largest absolute Gasteiger partial charge is 0.503 e. The third-order valence-electron chi connectivity index (χ3n) is 6.85. The number of hydrogen-bond donors (Lipinski definition) is 2. The molecule has 2 N–H and O–H groups in total. The third kappa shape index (κ3) is 3.44. The molecule has 1 amide bonds. The fraction of sp³-hybridized carbons (Fsp3) is 0.545. The summed E-state index contributed by atoms with van der Waals surface area (Å²) in [7, 11) is 1.44. The Balaban J connectivity index is 1.66. The molecule has 2 unspecified atom stereocenters. The SMILES string of the molecule is CNC(=O)c1nn(CC2(CN3c4ncccc4C(C)C3C)CCCC2)cc(O)c1=O. The topological polar surface area (TPSA) is 100 Å². The smallest absolute Gasteiger partial charge is 0.275 e. The minimum Gasteiger partial charge on any atom is -0.503 e. The van der Waals surface area contributed by atoms with Crippen LogP contribution in [0.25, 0.3) is 0 Å². The molecule has 1 aliphatic carbocycles. The van der Waals surface area contributed by atoms with E-state index in [1.165, 1.54) is 18.8 Å². The van der Waals surface area contributed by atoms with E-state index in [4.69, 9.17) is 0 Å². The molecule has 2 aromatic rings. The maximum absolute atomic E-state index is 12.1. The van der Waals surface area contributed by atoms with Gasteiger partial charge in [0, 0.05) is 43.7 Å². The van der Waals surface area contributed by atoms with Crippen LogP contribution in [0, 0.1) is 5.41 Å². The van der Waals surface area contributed by atoms with Gasteiger partial charge in [0.15, 0.2) is 11.4 Å². The minimum absolute atomic E-state index is 0.0679. The zero-order valence-corrected chi connectivity index (χ0v) is 17.8. The first-order valence-corrected chi connectivity index (χ1v) is 10.6. The van der Waals surface area contributed by atoms with Gasteiger partial charge in [0.1, 0.15) is 5.82 Å². The monoisotopic (exact) mass is 411 g/mol. The number of pyridine rings is 1. The number of nitrogens with one attached hydrogen (secondary N) is 1. The summed E-state index contributed by atoms with van der Waals surface area (Å²) < 4.78 is 1.57. The number of fused-ring (bicyclic) bond motifs is 1. The van der Waals surface area contributed by atoms with Crippen molar-refractivity contribution in [2.75, 3.05) is 18.5 Å². The normalized spacial score (nSPS) is 22.2. The Morgan fingerprint density at radius 3 is 2.73 bits per heavy atom. The van der Waals surface area contributed by atoms with Crippen LogP contribution in [0.3, 0.4) is 0 Å². The number of aromatic hydroxyl groups is 1. The molecular weight excluding hydrogens is 382 g/mol. The first kappa shape index (κ1) is 20.4. The van der Waals surface area contributed by atoms with Crippen molar-refractivity contribution in [3.8, 4) is 5.75 Å². The number of carbonyl (C=O) groups excluding carboxylic acids is 1. The molecular formula is C22H29N5O3. The molecule has 3 heterocycles. The van der Waals surface area contributed by atoms with Gasteiger partial charge in [0.2, 0.25) is 0 Å². The number of hydrogen-bond acceptors (Lipinski definition) is 6. The molecule has 2 atom stereocenters. The molecule has 2 aromatic heterocycles. The Bertz CT molecular complexity index is 1010. The van der Waals surface area contributed by atoms with Crippen LogP contribution in [0.2, 0.25) is 0 Å². The van der Waals surface area contributed by atoms with E-state index >= 15 is 0 Å². The van der Waals surface area contributed by atoms with Crippen molar-refractivity contribution >= 4 is 11.7 Å². The first-order chi connectivity index (χ1) is 14.3. The van der Waals surface area contributed by atoms with Crippen LogP contribution in [-0.2, 0) is 6.54 Å². The van der Waals surface area contributed by atoms with Gasteiger partial charge in [-0.2, -0.15) is 5.10 Å². The van der Waals surface area contributed by atoms with Crippen molar-refractivity contribution in [3.05, 3.63) is 46.0 Å². The number of anilines is 1. The van der Waals surface area contributed by atoms with Gasteiger partial charge in [-0.05, 0) is 31.4 Å². The first-order valence-electron chi connectivity index (χ1n) is 10.6. The quantitative estimate of drug-likeness (QED) is 0.783. The summed E-state index contributed by atoms with van der Waals surface area (Å²) in [5, 5.41) is 16.8. The molecule has 4 rings (SSSR count). The van der Waals surface area contributed by atoms with Gasteiger partial charge in [0.25, 0.3) is 11.3 Å². The lowest BCUT2D eigenvalue weighted by atomic mass is 9.85. The van der Waals surface area contributed by atoms with Crippen molar-refractivity contribution in [2.45, 2.75) is 58.0 Å². The Morgan fingerprint density at radius 2 is 2.03 bits per heavy atom. The Labute approximate surface area is 175 Å². The number of carbonyl (C=O) groups is 1. The number of aromatic nitrogens is 3. The predicted octanol–water partition coefficient (Wildman–Crippen LogP) is 2.28. The molecule has 0 radical (unpaired) electrons. The molecule has 8 nitrogen and oxygen atoms in total. The Hall–Kier alpha value is -2.90. The van der Waals surface area contributed by atoms with E-state index in [-0.39, 0.29) is 11.1 Å². The molecule has 1 fully saturated rings. The summed E-state index contributed by atoms with van der Waals surface area (Å²) in [6.45, 7) is 5.84. The average Bonchev–Trinajstić information content (AvgIpc) is 3.29. The number of nitrogens with zero attached hydrogens (tertiary/aromatic N) is 4. The maximum atomic E-state index is 12.1. The molecule has 1 aliphatic heterocycles. The predicted molar refractivity (Wildman–Crippen MR) is 114 cm³/mol. The zero-order valence-electron chi connectivity index (χ0n) is 17.8. The van der Waals surface area contributed by atoms with E-state index in [2.05, 4.69) is 40.2 Å². The van der Waals surface area contributed by atoms with Crippen LogP contribution in [0.1, 0.15) is 61.5 Å².